The zero-order valence-electron chi connectivity index (χ0n) is 11.2. The Morgan fingerprint density at radius 3 is 2.94 bits per heavy atom. The molecule has 0 radical (unpaired) electrons. The van der Waals surface area contributed by atoms with Gasteiger partial charge in [-0.05, 0) is 37.9 Å². The lowest BCUT2D eigenvalue weighted by molar-refractivity contribution is 0.623. The fourth-order valence-corrected chi connectivity index (χ4v) is 2.75. The number of para-hydroxylation sites is 1. The lowest BCUT2D eigenvalue weighted by atomic mass is 10.0. The van der Waals surface area contributed by atoms with Gasteiger partial charge in [-0.3, -0.25) is 0 Å². The molecule has 96 valence electrons. The molecular weight excluding hydrogens is 222 g/mol. The predicted octanol–water partition coefficient (Wildman–Crippen LogP) is 2.45. The monoisotopic (exact) mass is 243 g/mol. The summed E-state index contributed by atoms with van der Waals surface area (Å²) in [6.07, 6.45) is 2.27. The minimum absolute atomic E-state index is 0.526. The number of rotatable bonds is 4. The molecule has 0 saturated carbocycles. The Labute approximate surface area is 109 Å². The maximum absolute atomic E-state index is 9.31. The standard InChI is InChI=1S/C15H21N3/c1-3-9-18(14-7-8-17-11-14)15-12(2)5-4-6-13(15)10-16/h4-6,14,17H,3,7-9,11H2,1-2H3. The van der Waals surface area contributed by atoms with E-state index < -0.39 is 0 Å². The van der Waals surface area contributed by atoms with Crippen molar-refractivity contribution in [2.45, 2.75) is 32.7 Å². The SMILES string of the molecule is CCCN(c1c(C)cccc1C#N)C1CCNC1. The Kier molecular flexibility index (Phi) is 4.22. The summed E-state index contributed by atoms with van der Waals surface area (Å²) in [6.45, 7) is 7.42. The molecule has 1 unspecified atom stereocenters. The molecule has 1 fully saturated rings. The van der Waals surface area contributed by atoms with Crippen LogP contribution in [0.15, 0.2) is 18.2 Å². The summed E-state index contributed by atoms with van der Waals surface area (Å²) in [5.41, 5.74) is 3.14. The van der Waals surface area contributed by atoms with E-state index in [1.54, 1.807) is 0 Å². The maximum atomic E-state index is 9.31. The second-order valence-electron chi connectivity index (χ2n) is 4.92. The number of hydrogen-bond acceptors (Lipinski definition) is 3. The first-order chi connectivity index (χ1) is 8.77. The number of hydrogen-bond donors (Lipinski definition) is 1. The number of benzene rings is 1. The highest BCUT2D eigenvalue weighted by molar-refractivity contribution is 5.64. The van der Waals surface area contributed by atoms with E-state index in [2.05, 4.69) is 36.2 Å². The molecular formula is C15H21N3. The van der Waals surface area contributed by atoms with Crippen molar-refractivity contribution >= 4 is 5.69 Å². The Hall–Kier alpha value is -1.53. The first-order valence-corrected chi connectivity index (χ1v) is 6.75. The molecule has 1 atom stereocenters. The normalized spacial score (nSPS) is 18.6. The molecule has 1 saturated heterocycles. The summed E-state index contributed by atoms with van der Waals surface area (Å²) in [5, 5.41) is 12.7. The fraction of sp³-hybridized carbons (Fsp3) is 0.533. The molecule has 1 aliphatic heterocycles. The van der Waals surface area contributed by atoms with E-state index in [-0.39, 0.29) is 0 Å². The molecule has 2 rings (SSSR count). The molecule has 0 bridgehead atoms. The van der Waals surface area contributed by atoms with Gasteiger partial charge in [0.1, 0.15) is 6.07 Å². The van der Waals surface area contributed by atoms with Gasteiger partial charge in [-0.2, -0.15) is 5.26 Å². The van der Waals surface area contributed by atoms with Gasteiger partial charge in [0.25, 0.3) is 0 Å². The van der Waals surface area contributed by atoms with Crippen molar-refractivity contribution in [2.24, 2.45) is 0 Å². The average Bonchev–Trinajstić information content (AvgIpc) is 2.90. The van der Waals surface area contributed by atoms with Gasteiger partial charge in [-0.15, -0.1) is 0 Å². The van der Waals surface area contributed by atoms with Gasteiger partial charge in [-0.1, -0.05) is 19.1 Å². The van der Waals surface area contributed by atoms with E-state index in [1.165, 1.54) is 12.0 Å². The Morgan fingerprint density at radius 2 is 2.33 bits per heavy atom. The first-order valence-electron chi connectivity index (χ1n) is 6.75. The molecule has 1 aromatic rings. The van der Waals surface area contributed by atoms with Crippen LogP contribution in [0.5, 0.6) is 0 Å². The number of nitriles is 1. The van der Waals surface area contributed by atoms with Gasteiger partial charge in [0, 0.05) is 19.1 Å². The highest BCUT2D eigenvalue weighted by Crippen LogP contribution is 2.28. The Bertz CT molecular complexity index is 442. The van der Waals surface area contributed by atoms with Crippen LogP contribution in [0.4, 0.5) is 5.69 Å². The molecule has 1 N–H and O–H groups in total. The predicted molar refractivity (Wildman–Crippen MR) is 74.8 cm³/mol. The largest absolute Gasteiger partial charge is 0.366 e. The van der Waals surface area contributed by atoms with Crippen LogP contribution in [0.1, 0.15) is 30.9 Å². The second kappa shape index (κ2) is 5.88. The van der Waals surface area contributed by atoms with Gasteiger partial charge in [0.2, 0.25) is 0 Å². The van der Waals surface area contributed by atoms with Crippen molar-refractivity contribution in [3.05, 3.63) is 29.3 Å². The maximum Gasteiger partial charge on any atom is 0.101 e. The van der Waals surface area contributed by atoms with Crippen molar-refractivity contribution in [1.82, 2.24) is 5.32 Å². The lowest BCUT2D eigenvalue weighted by Gasteiger charge is -2.32. The van der Waals surface area contributed by atoms with E-state index in [9.17, 15) is 5.26 Å². The van der Waals surface area contributed by atoms with Crippen LogP contribution in [0.2, 0.25) is 0 Å². The summed E-state index contributed by atoms with van der Waals surface area (Å²) >= 11 is 0. The third-order valence-corrected chi connectivity index (χ3v) is 3.59. The lowest BCUT2D eigenvalue weighted by Crippen LogP contribution is -2.38. The van der Waals surface area contributed by atoms with E-state index in [1.807, 2.05) is 12.1 Å². The van der Waals surface area contributed by atoms with Gasteiger partial charge < -0.3 is 10.2 Å². The third kappa shape index (κ3) is 2.49. The van der Waals surface area contributed by atoms with Crippen molar-refractivity contribution in [2.75, 3.05) is 24.5 Å². The van der Waals surface area contributed by atoms with E-state index in [0.29, 0.717) is 6.04 Å². The first kappa shape index (κ1) is 12.9. The van der Waals surface area contributed by atoms with Crippen LogP contribution in [0, 0.1) is 18.3 Å². The van der Waals surface area contributed by atoms with E-state index in [0.717, 1.165) is 37.3 Å². The van der Waals surface area contributed by atoms with Crippen LogP contribution in [0.25, 0.3) is 0 Å². The van der Waals surface area contributed by atoms with Crippen molar-refractivity contribution < 1.29 is 0 Å². The van der Waals surface area contributed by atoms with Gasteiger partial charge in [-0.25, -0.2) is 0 Å². The summed E-state index contributed by atoms with van der Waals surface area (Å²) < 4.78 is 0. The molecule has 1 aromatic carbocycles. The van der Waals surface area contributed by atoms with Crippen molar-refractivity contribution in [3.63, 3.8) is 0 Å². The van der Waals surface area contributed by atoms with Gasteiger partial charge in [0.15, 0.2) is 0 Å². The van der Waals surface area contributed by atoms with Gasteiger partial charge in [0.05, 0.1) is 11.3 Å². The number of anilines is 1. The fourth-order valence-electron chi connectivity index (χ4n) is 2.75. The third-order valence-electron chi connectivity index (χ3n) is 3.59. The summed E-state index contributed by atoms with van der Waals surface area (Å²) in [5.74, 6) is 0. The second-order valence-corrected chi connectivity index (χ2v) is 4.92. The quantitative estimate of drug-likeness (QED) is 0.883. The molecule has 1 aliphatic rings. The van der Waals surface area contributed by atoms with Crippen molar-refractivity contribution in [3.8, 4) is 6.07 Å². The molecule has 0 spiro atoms. The molecule has 0 aliphatic carbocycles. The summed E-state index contributed by atoms with van der Waals surface area (Å²) in [4.78, 5) is 2.42. The number of nitrogens with zero attached hydrogens (tertiary/aromatic N) is 2. The number of nitrogens with one attached hydrogen (secondary N) is 1. The van der Waals surface area contributed by atoms with E-state index in [4.69, 9.17) is 0 Å². The topological polar surface area (TPSA) is 39.1 Å². The van der Waals surface area contributed by atoms with Crippen LogP contribution < -0.4 is 10.2 Å². The molecule has 3 nitrogen and oxygen atoms in total. The highest BCUT2D eigenvalue weighted by Gasteiger charge is 2.24. The van der Waals surface area contributed by atoms with Crippen LogP contribution in [-0.4, -0.2) is 25.7 Å². The average molecular weight is 243 g/mol. The van der Waals surface area contributed by atoms with Crippen LogP contribution in [-0.2, 0) is 0 Å². The highest BCUT2D eigenvalue weighted by atomic mass is 15.2. The summed E-state index contributed by atoms with van der Waals surface area (Å²) in [6, 6.07) is 8.85. The Morgan fingerprint density at radius 1 is 1.50 bits per heavy atom. The minimum Gasteiger partial charge on any atom is -0.366 e. The van der Waals surface area contributed by atoms with Crippen LogP contribution in [0.3, 0.4) is 0 Å². The zero-order chi connectivity index (χ0) is 13.0. The van der Waals surface area contributed by atoms with Gasteiger partial charge >= 0.3 is 0 Å². The summed E-state index contributed by atoms with van der Waals surface area (Å²) in [7, 11) is 0. The number of aryl methyl sites for hydroxylation is 1. The molecule has 1 heterocycles. The molecule has 0 amide bonds. The minimum atomic E-state index is 0.526. The Balaban J connectivity index is 2.38. The van der Waals surface area contributed by atoms with Crippen molar-refractivity contribution in [1.29, 1.82) is 5.26 Å². The van der Waals surface area contributed by atoms with Crippen LogP contribution >= 0.6 is 0 Å². The molecule has 3 heteroatoms. The smallest absolute Gasteiger partial charge is 0.101 e. The molecule has 18 heavy (non-hydrogen) atoms. The molecule has 0 aromatic heterocycles. The zero-order valence-corrected chi connectivity index (χ0v) is 11.2. The van der Waals surface area contributed by atoms with E-state index >= 15 is 0 Å².